The molecule has 0 atom stereocenters. The van der Waals surface area contributed by atoms with Crippen molar-refractivity contribution in [1.82, 2.24) is 5.43 Å². The van der Waals surface area contributed by atoms with Crippen molar-refractivity contribution >= 4 is 57.9 Å². The standard InChI is InChI=1S/C25H23Cl2IN2O3/c1-15-4-5-16(2)19(8-15)11-24(31)30-29-13-17-9-22(28)25(23(10-17)32-3)33-14-18-6-7-20(26)12-21(18)27/h4-10,12-13H,11,14H2,1-3H3,(H,30,31)/b29-13+. The topological polar surface area (TPSA) is 59.9 Å². The minimum absolute atomic E-state index is 0.179. The smallest absolute Gasteiger partial charge is 0.244 e. The normalized spacial score (nSPS) is 11.0. The Labute approximate surface area is 217 Å². The van der Waals surface area contributed by atoms with E-state index in [0.29, 0.717) is 21.5 Å². The Bertz CT molecular complexity index is 1200. The van der Waals surface area contributed by atoms with E-state index in [1.54, 1.807) is 31.5 Å². The third kappa shape index (κ3) is 7.09. The number of halogens is 3. The van der Waals surface area contributed by atoms with E-state index in [-0.39, 0.29) is 18.9 Å². The van der Waals surface area contributed by atoms with Crippen LogP contribution in [0.25, 0.3) is 0 Å². The molecule has 0 unspecified atom stereocenters. The summed E-state index contributed by atoms with van der Waals surface area (Å²) in [6.45, 7) is 4.26. The molecular weight excluding hydrogens is 574 g/mol. The highest BCUT2D eigenvalue weighted by Gasteiger charge is 2.13. The molecule has 1 N–H and O–H groups in total. The zero-order valence-electron chi connectivity index (χ0n) is 18.4. The number of aryl methyl sites for hydroxylation is 2. The number of carbonyl (C=O) groups excluding carboxylic acids is 1. The molecule has 0 bridgehead atoms. The van der Waals surface area contributed by atoms with E-state index in [2.05, 4.69) is 33.1 Å². The molecule has 0 aliphatic carbocycles. The second-order valence-electron chi connectivity index (χ2n) is 7.46. The molecule has 0 saturated heterocycles. The number of rotatable bonds is 8. The fourth-order valence-corrected chi connectivity index (χ4v) is 4.37. The summed E-state index contributed by atoms with van der Waals surface area (Å²) in [4.78, 5) is 12.3. The van der Waals surface area contributed by atoms with Crippen LogP contribution in [0.2, 0.25) is 10.0 Å². The fraction of sp³-hybridized carbons (Fsp3) is 0.200. The summed E-state index contributed by atoms with van der Waals surface area (Å²) in [6.07, 6.45) is 1.84. The number of hydrazone groups is 1. The molecule has 0 radical (unpaired) electrons. The molecule has 0 fully saturated rings. The summed E-state index contributed by atoms with van der Waals surface area (Å²) in [6, 6.07) is 15.0. The summed E-state index contributed by atoms with van der Waals surface area (Å²) >= 11 is 14.4. The van der Waals surface area contributed by atoms with Gasteiger partial charge in [-0.1, -0.05) is 53.0 Å². The quantitative estimate of drug-likeness (QED) is 0.184. The largest absolute Gasteiger partial charge is 0.493 e. The third-order valence-electron chi connectivity index (χ3n) is 4.90. The van der Waals surface area contributed by atoms with Crippen LogP contribution in [0, 0.1) is 17.4 Å². The van der Waals surface area contributed by atoms with Crippen molar-refractivity contribution < 1.29 is 14.3 Å². The van der Waals surface area contributed by atoms with E-state index in [4.69, 9.17) is 32.7 Å². The Morgan fingerprint density at radius 3 is 2.61 bits per heavy atom. The summed E-state index contributed by atoms with van der Waals surface area (Å²) in [5.74, 6) is 0.969. The van der Waals surface area contributed by atoms with E-state index in [1.165, 1.54) is 0 Å². The van der Waals surface area contributed by atoms with Gasteiger partial charge in [0.2, 0.25) is 5.91 Å². The molecule has 172 valence electrons. The van der Waals surface area contributed by atoms with Gasteiger partial charge in [0.25, 0.3) is 0 Å². The Hall–Kier alpha value is -2.29. The zero-order valence-corrected chi connectivity index (χ0v) is 22.1. The van der Waals surface area contributed by atoms with Crippen LogP contribution in [0.4, 0.5) is 0 Å². The van der Waals surface area contributed by atoms with Crippen LogP contribution < -0.4 is 14.9 Å². The maximum absolute atomic E-state index is 12.3. The summed E-state index contributed by atoms with van der Waals surface area (Å²) in [7, 11) is 1.57. The number of benzene rings is 3. The molecule has 3 aromatic carbocycles. The lowest BCUT2D eigenvalue weighted by Crippen LogP contribution is -2.20. The molecular formula is C25H23Cl2IN2O3. The van der Waals surface area contributed by atoms with Crippen LogP contribution in [0.5, 0.6) is 11.5 Å². The van der Waals surface area contributed by atoms with Crippen LogP contribution in [-0.2, 0) is 17.8 Å². The molecule has 0 aromatic heterocycles. The molecule has 0 aliphatic rings. The average Bonchev–Trinajstić information content (AvgIpc) is 2.76. The minimum Gasteiger partial charge on any atom is -0.493 e. The Balaban J connectivity index is 1.66. The van der Waals surface area contributed by atoms with Gasteiger partial charge in [0.15, 0.2) is 11.5 Å². The maximum Gasteiger partial charge on any atom is 0.244 e. The van der Waals surface area contributed by atoms with Crippen LogP contribution in [0.15, 0.2) is 53.6 Å². The number of amides is 1. The third-order valence-corrected chi connectivity index (χ3v) is 6.29. The van der Waals surface area contributed by atoms with Crippen molar-refractivity contribution in [3.8, 4) is 11.5 Å². The number of carbonyl (C=O) groups is 1. The van der Waals surface area contributed by atoms with E-state index in [9.17, 15) is 4.79 Å². The lowest BCUT2D eigenvalue weighted by Gasteiger charge is -2.14. The molecule has 0 heterocycles. The summed E-state index contributed by atoms with van der Waals surface area (Å²) < 4.78 is 12.3. The highest BCUT2D eigenvalue weighted by Crippen LogP contribution is 2.35. The van der Waals surface area contributed by atoms with E-state index < -0.39 is 0 Å². The molecule has 0 aliphatic heterocycles. The number of ether oxygens (including phenoxy) is 2. The molecule has 1 amide bonds. The number of methoxy groups -OCH3 is 1. The molecule has 0 saturated carbocycles. The highest BCUT2D eigenvalue weighted by molar-refractivity contribution is 14.1. The van der Waals surface area contributed by atoms with Gasteiger partial charge < -0.3 is 9.47 Å². The molecule has 0 spiro atoms. The van der Waals surface area contributed by atoms with Gasteiger partial charge >= 0.3 is 0 Å². The van der Waals surface area contributed by atoms with Gasteiger partial charge in [0.05, 0.1) is 23.3 Å². The molecule has 3 aromatic rings. The fourth-order valence-electron chi connectivity index (χ4n) is 3.13. The first-order valence-electron chi connectivity index (χ1n) is 10.1. The van der Waals surface area contributed by atoms with Crippen LogP contribution in [0.1, 0.15) is 27.8 Å². The second-order valence-corrected chi connectivity index (χ2v) is 9.46. The number of hydrogen-bond donors (Lipinski definition) is 1. The van der Waals surface area contributed by atoms with Crippen molar-refractivity contribution in [3.63, 3.8) is 0 Å². The van der Waals surface area contributed by atoms with Gasteiger partial charge in [-0.15, -0.1) is 0 Å². The van der Waals surface area contributed by atoms with E-state index in [1.807, 2.05) is 44.2 Å². The lowest BCUT2D eigenvalue weighted by atomic mass is 10.0. The number of hydrogen-bond acceptors (Lipinski definition) is 4. The first-order chi connectivity index (χ1) is 15.8. The van der Waals surface area contributed by atoms with Crippen LogP contribution in [0.3, 0.4) is 0 Å². The van der Waals surface area contributed by atoms with Gasteiger partial charge in [-0.25, -0.2) is 5.43 Å². The zero-order chi connectivity index (χ0) is 24.0. The average molecular weight is 597 g/mol. The van der Waals surface area contributed by atoms with Crippen molar-refractivity contribution in [2.75, 3.05) is 7.11 Å². The van der Waals surface area contributed by atoms with E-state index in [0.717, 1.165) is 31.4 Å². The molecule has 3 rings (SSSR count). The van der Waals surface area contributed by atoms with Crippen molar-refractivity contribution in [1.29, 1.82) is 0 Å². The number of nitrogens with zero attached hydrogens (tertiary/aromatic N) is 1. The van der Waals surface area contributed by atoms with Gasteiger partial charge in [-0.05, 0) is 77.4 Å². The van der Waals surface area contributed by atoms with Crippen molar-refractivity contribution in [2.24, 2.45) is 5.10 Å². The maximum atomic E-state index is 12.3. The van der Waals surface area contributed by atoms with Crippen LogP contribution >= 0.6 is 45.8 Å². The first-order valence-corrected chi connectivity index (χ1v) is 11.9. The van der Waals surface area contributed by atoms with Gasteiger partial charge in [-0.2, -0.15) is 5.10 Å². The predicted molar refractivity (Wildman–Crippen MR) is 142 cm³/mol. The van der Waals surface area contributed by atoms with Gasteiger partial charge in [0, 0.05) is 15.6 Å². The van der Waals surface area contributed by atoms with Gasteiger partial charge in [-0.3, -0.25) is 4.79 Å². The molecule has 33 heavy (non-hydrogen) atoms. The summed E-state index contributed by atoms with van der Waals surface area (Å²) in [5.41, 5.74) is 7.35. The van der Waals surface area contributed by atoms with E-state index >= 15 is 0 Å². The lowest BCUT2D eigenvalue weighted by molar-refractivity contribution is -0.120. The van der Waals surface area contributed by atoms with Crippen LogP contribution in [-0.4, -0.2) is 19.2 Å². The summed E-state index contributed by atoms with van der Waals surface area (Å²) in [5, 5.41) is 5.20. The Morgan fingerprint density at radius 1 is 1.09 bits per heavy atom. The van der Waals surface area contributed by atoms with Gasteiger partial charge in [0.1, 0.15) is 6.61 Å². The molecule has 5 nitrogen and oxygen atoms in total. The Morgan fingerprint density at radius 2 is 1.88 bits per heavy atom. The predicted octanol–water partition coefficient (Wildman–Crippen LogP) is 6.50. The Kier molecular flexibility index (Phi) is 9.00. The SMILES string of the molecule is COc1cc(/C=N/NC(=O)Cc2cc(C)ccc2C)cc(I)c1OCc1ccc(Cl)cc1Cl. The first kappa shape index (κ1) is 25.3. The molecule has 8 heteroatoms. The second kappa shape index (κ2) is 11.7. The van der Waals surface area contributed by atoms with Crippen molar-refractivity contribution in [2.45, 2.75) is 26.9 Å². The highest BCUT2D eigenvalue weighted by atomic mass is 127. The monoisotopic (exact) mass is 596 g/mol. The van der Waals surface area contributed by atoms with Crippen molar-refractivity contribution in [3.05, 3.63) is 90.0 Å². The minimum atomic E-state index is -0.179. The number of nitrogens with one attached hydrogen (secondary N) is 1.